The first-order chi connectivity index (χ1) is 10.5. The molecule has 0 aliphatic rings. The Hall–Kier alpha value is -1.94. The molecule has 0 saturated heterocycles. The van der Waals surface area contributed by atoms with Crippen molar-refractivity contribution < 1.29 is 9.59 Å². The summed E-state index contributed by atoms with van der Waals surface area (Å²) in [6.07, 6.45) is 3.22. The standard InChI is InChI=1S/C12H15BrN6O2S/c1-2-3-9-15-18-12(22)19(9)6-10(20)16-17-11(21)8-4-7(13)5-14-8/h4-5,14H,2-3,6H2,1H3,(H,16,20)(H,17,21)(H,18,22). The summed E-state index contributed by atoms with van der Waals surface area (Å²) in [7, 11) is 0. The highest BCUT2D eigenvalue weighted by Gasteiger charge is 2.12. The minimum Gasteiger partial charge on any atom is -0.356 e. The van der Waals surface area contributed by atoms with Crippen molar-refractivity contribution in [3.8, 4) is 0 Å². The second-order valence-electron chi connectivity index (χ2n) is 4.52. The third-order valence-electron chi connectivity index (χ3n) is 2.82. The van der Waals surface area contributed by atoms with E-state index in [0.717, 1.165) is 10.9 Å². The molecule has 22 heavy (non-hydrogen) atoms. The fourth-order valence-corrected chi connectivity index (χ4v) is 2.36. The normalized spacial score (nSPS) is 10.5. The molecule has 2 amide bonds. The topological polar surface area (TPSA) is 108 Å². The third kappa shape index (κ3) is 4.04. The van der Waals surface area contributed by atoms with Crippen LogP contribution in [0.1, 0.15) is 29.7 Å². The van der Waals surface area contributed by atoms with Crippen LogP contribution in [-0.4, -0.2) is 31.6 Å². The van der Waals surface area contributed by atoms with Crippen LogP contribution in [0.2, 0.25) is 0 Å². The van der Waals surface area contributed by atoms with Crippen LogP contribution in [0.25, 0.3) is 0 Å². The first-order valence-electron chi connectivity index (χ1n) is 6.58. The minimum absolute atomic E-state index is 0.0145. The van der Waals surface area contributed by atoms with Gasteiger partial charge in [-0.25, -0.2) is 0 Å². The zero-order chi connectivity index (χ0) is 16.1. The zero-order valence-corrected chi connectivity index (χ0v) is 14.2. The molecule has 10 heteroatoms. The summed E-state index contributed by atoms with van der Waals surface area (Å²) >= 11 is 8.31. The van der Waals surface area contributed by atoms with Gasteiger partial charge < -0.3 is 4.98 Å². The van der Waals surface area contributed by atoms with Gasteiger partial charge in [-0.2, -0.15) is 5.10 Å². The minimum atomic E-state index is -0.441. The van der Waals surface area contributed by atoms with E-state index < -0.39 is 11.8 Å². The predicted molar refractivity (Wildman–Crippen MR) is 85.5 cm³/mol. The van der Waals surface area contributed by atoms with E-state index >= 15 is 0 Å². The Labute approximate surface area is 139 Å². The number of H-pyrrole nitrogens is 2. The summed E-state index contributed by atoms with van der Waals surface area (Å²) in [5.41, 5.74) is 5.00. The van der Waals surface area contributed by atoms with Gasteiger partial charge in [0, 0.05) is 17.1 Å². The van der Waals surface area contributed by atoms with Gasteiger partial charge >= 0.3 is 0 Å². The molecule has 0 aromatic carbocycles. The van der Waals surface area contributed by atoms with Crippen molar-refractivity contribution in [1.29, 1.82) is 0 Å². The Bertz CT molecular complexity index is 734. The maximum Gasteiger partial charge on any atom is 0.286 e. The van der Waals surface area contributed by atoms with E-state index in [-0.39, 0.29) is 6.54 Å². The Kier molecular flexibility index (Phi) is 5.50. The molecule has 0 aliphatic carbocycles. The summed E-state index contributed by atoms with van der Waals surface area (Å²) in [5, 5.41) is 6.73. The van der Waals surface area contributed by atoms with Crippen LogP contribution in [0.5, 0.6) is 0 Å². The highest BCUT2D eigenvalue weighted by Crippen LogP contribution is 2.09. The fraction of sp³-hybridized carbons (Fsp3) is 0.333. The predicted octanol–water partition coefficient (Wildman–Crippen LogP) is 1.44. The number of hydrogen-bond donors (Lipinski definition) is 4. The third-order valence-corrected chi connectivity index (χ3v) is 3.59. The summed E-state index contributed by atoms with van der Waals surface area (Å²) in [6, 6.07) is 1.60. The van der Waals surface area contributed by atoms with Gasteiger partial charge in [0.05, 0.1) is 0 Å². The van der Waals surface area contributed by atoms with Crippen molar-refractivity contribution in [1.82, 2.24) is 30.6 Å². The average Bonchev–Trinajstić information content (AvgIpc) is 3.06. The van der Waals surface area contributed by atoms with E-state index in [0.29, 0.717) is 22.7 Å². The van der Waals surface area contributed by atoms with Crippen LogP contribution in [0, 0.1) is 4.77 Å². The van der Waals surface area contributed by atoms with Crippen molar-refractivity contribution >= 4 is 40.0 Å². The quantitative estimate of drug-likeness (QED) is 0.460. The lowest BCUT2D eigenvalue weighted by molar-refractivity contribution is -0.122. The number of aromatic nitrogens is 4. The molecule has 118 valence electrons. The van der Waals surface area contributed by atoms with Crippen LogP contribution >= 0.6 is 28.1 Å². The summed E-state index contributed by atoms with van der Waals surface area (Å²) < 4.78 is 2.72. The van der Waals surface area contributed by atoms with Gasteiger partial charge in [-0.3, -0.25) is 30.1 Å². The largest absolute Gasteiger partial charge is 0.356 e. The summed E-state index contributed by atoms with van der Waals surface area (Å²) in [4.78, 5) is 26.4. The van der Waals surface area contributed by atoms with Gasteiger partial charge in [0.15, 0.2) is 4.77 Å². The molecular weight excluding hydrogens is 372 g/mol. The van der Waals surface area contributed by atoms with Crippen LogP contribution < -0.4 is 10.9 Å². The van der Waals surface area contributed by atoms with E-state index in [4.69, 9.17) is 12.2 Å². The molecule has 2 aromatic heterocycles. The van der Waals surface area contributed by atoms with Crippen molar-refractivity contribution in [2.45, 2.75) is 26.3 Å². The van der Waals surface area contributed by atoms with Gasteiger partial charge in [0.2, 0.25) is 0 Å². The SMILES string of the molecule is CCCc1n[nH]c(=S)n1CC(=O)NNC(=O)c1cc(Br)c[nH]1. The van der Waals surface area contributed by atoms with Gasteiger partial charge in [-0.15, -0.1) is 0 Å². The first kappa shape index (κ1) is 16.4. The Morgan fingerprint density at radius 2 is 2.23 bits per heavy atom. The number of nitrogens with one attached hydrogen (secondary N) is 4. The second kappa shape index (κ2) is 7.36. The van der Waals surface area contributed by atoms with Gasteiger partial charge in [-0.05, 0) is 40.6 Å². The number of carbonyl (C=O) groups excluding carboxylic acids is 2. The van der Waals surface area contributed by atoms with E-state index in [2.05, 4.69) is 42.0 Å². The number of rotatable bonds is 5. The smallest absolute Gasteiger partial charge is 0.286 e. The van der Waals surface area contributed by atoms with E-state index in [9.17, 15) is 9.59 Å². The molecule has 0 unspecified atom stereocenters. The molecule has 0 aliphatic heterocycles. The lowest BCUT2D eigenvalue weighted by Gasteiger charge is -2.08. The Morgan fingerprint density at radius 1 is 1.45 bits per heavy atom. The van der Waals surface area contributed by atoms with Gasteiger partial charge in [0.25, 0.3) is 11.8 Å². The molecule has 0 radical (unpaired) electrons. The number of carbonyl (C=O) groups is 2. The van der Waals surface area contributed by atoms with Crippen LogP contribution in [-0.2, 0) is 17.8 Å². The maximum atomic E-state index is 11.9. The number of halogens is 1. The summed E-state index contributed by atoms with van der Waals surface area (Å²) in [5.74, 6) is -0.125. The van der Waals surface area contributed by atoms with E-state index in [1.807, 2.05) is 6.92 Å². The van der Waals surface area contributed by atoms with E-state index in [1.54, 1.807) is 16.8 Å². The molecule has 0 spiro atoms. The second-order valence-corrected chi connectivity index (χ2v) is 5.82. The molecule has 4 N–H and O–H groups in total. The summed E-state index contributed by atoms with van der Waals surface area (Å²) in [6.45, 7) is 2.00. The van der Waals surface area contributed by atoms with E-state index in [1.165, 1.54) is 0 Å². The number of amides is 2. The van der Waals surface area contributed by atoms with Crippen molar-refractivity contribution in [3.63, 3.8) is 0 Å². The average molecular weight is 387 g/mol. The molecule has 2 heterocycles. The van der Waals surface area contributed by atoms with Crippen molar-refractivity contribution in [3.05, 3.63) is 33.0 Å². The number of aromatic amines is 2. The van der Waals surface area contributed by atoms with Crippen LogP contribution in [0.4, 0.5) is 0 Å². The number of aryl methyl sites for hydroxylation is 1. The highest BCUT2D eigenvalue weighted by molar-refractivity contribution is 9.10. The first-order valence-corrected chi connectivity index (χ1v) is 7.78. The van der Waals surface area contributed by atoms with Crippen molar-refractivity contribution in [2.24, 2.45) is 0 Å². The number of hydrogen-bond acceptors (Lipinski definition) is 4. The highest BCUT2D eigenvalue weighted by atomic mass is 79.9. The lowest BCUT2D eigenvalue weighted by Crippen LogP contribution is -2.43. The molecule has 8 nitrogen and oxygen atoms in total. The molecule has 0 fully saturated rings. The molecular formula is C12H15BrN6O2S. The van der Waals surface area contributed by atoms with Gasteiger partial charge in [-0.1, -0.05) is 6.92 Å². The number of nitrogens with zero attached hydrogens (tertiary/aromatic N) is 2. The monoisotopic (exact) mass is 386 g/mol. The van der Waals surface area contributed by atoms with Crippen LogP contribution in [0.3, 0.4) is 0 Å². The maximum absolute atomic E-state index is 11.9. The number of hydrazine groups is 1. The fourth-order valence-electron chi connectivity index (χ4n) is 1.80. The lowest BCUT2D eigenvalue weighted by atomic mass is 10.3. The Balaban J connectivity index is 1.92. The van der Waals surface area contributed by atoms with Crippen LogP contribution in [0.15, 0.2) is 16.7 Å². The molecule has 0 bridgehead atoms. The Morgan fingerprint density at radius 3 is 2.86 bits per heavy atom. The molecule has 0 atom stereocenters. The molecule has 2 rings (SSSR count). The zero-order valence-electron chi connectivity index (χ0n) is 11.8. The molecule has 2 aromatic rings. The van der Waals surface area contributed by atoms with Crippen molar-refractivity contribution in [2.75, 3.05) is 0 Å². The van der Waals surface area contributed by atoms with Gasteiger partial charge in [0.1, 0.15) is 18.1 Å². The molecule has 0 saturated carbocycles.